The van der Waals surface area contributed by atoms with Crippen LogP contribution in [0.2, 0.25) is 0 Å². The highest BCUT2D eigenvalue weighted by Crippen LogP contribution is 2.44. The third-order valence-electron chi connectivity index (χ3n) is 19.9. The Hall–Kier alpha value is -6.85. The zero-order valence-electron chi connectivity index (χ0n) is 67.0. The Morgan fingerprint density at radius 2 is 1.05 bits per heavy atom. The lowest BCUT2D eigenvalue weighted by Crippen LogP contribution is -2.71. The van der Waals surface area contributed by atoms with Crippen LogP contribution in [0.5, 0.6) is 0 Å². The van der Waals surface area contributed by atoms with Crippen LogP contribution >= 0.6 is 7.82 Å². The largest absolute Gasteiger partial charge is 0.477 e. The van der Waals surface area contributed by atoms with Crippen LogP contribution in [0.25, 0.3) is 0 Å². The lowest BCUT2D eigenvalue weighted by atomic mass is 9.88. The molecule has 0 aromatic heterocycles. The molecule has 0 spiro atoms. The van der Waals surface area contributed by atoms with Crippen molar-refractivity contribution in [2.75, 3.05) is 59.3 Å². The van der Waals surface area contributed by atoms with Crippen LogP contribution in [-0.4, -0.2) is 366 Å². The average Bonchev–Trinajstić information content (AvgIpc) is 0.754. The minimum absolute atomic E-state index is 0.0679. The van der Waals surface area contributed by atoms with Gasteiger partial charge in [-0.25, -0.2) is 9.36 Å². The molecule has 1 aromatic carbocycles. The highest BCUT2D eigenvalue weighted by atomic mass is 31.2. The Morgan fingerprint density at radius 1 is 0.533 bits per heavy atom. The maximum Gasteiger partial charge on any atom is 0.470 e. The number of rotatable bonds is 48. The molecular formula is C73H116N5O41P. The molecule has 5 aliphatic heterocycles. The molecule has 0 bridgehead atoms. The quantitative estimate of drug-likeness (QED) is 0.0125. The number of aliphatic hydroxyl groups excluding tert-OH is 12. The van der Waals surface area contributed by atoms with E-state index in [1.807, 2.05) is 0 Å². The number of ether oxygens (including phenoxy) is 14. The van der Waals surface area contributed by atoms with Crippen molar-refractivity contribution in [3.63, 3.8) is 0 Å². The van der Waals surface area contributed by atoms with Crippen molar-refractivity contribution in [1.82, 2.24) is 26.6 Å². The number of benzene rings is 1. The average molecular weight is 1750 g/mol. The molecule has 5 heterocycles. The van der Waals surface area contributed by atoms with E-state index in [-0.39, 0.29) is 58.0 Å². The molecule has 684 valence electrons. The summed E-state index contributed by atoms with van der Waals surface area (Å²) >= 11 is 0. The summed E-state index contributed by atoms with van der Waals surface area (Å²) < 4.78 is 98.4. The van der Waals surface area contributed by atoms with Crippen molar-refractivity contribution in [2.24, 2.45) is 0 Å². The molecule has 5 aliphatic rings. The fraction of sp³-hybridized carbons (Fsp3) is 0.781. The molecule has 9 unspecified atom stereocenters. The van der Waals surface area contributed by atoms with E-state index in [1.165, 1.54) is 20.8 Å². The lowest BCUT2D eigenvalue weighted by Gasteiger charge is -2.50. The van der Waals surface area contributed by atoms with Crippen molar-refractivity contribution in [3.8, 4) is 0 Å². The topological polar surface area (TPSA) is 690 Å². The summed E-state index contributed by atoms with van der Waals surface area (Å²) in [6, 6.07) is 3.07. The first-order valence-electron chi connectivity index (χ1n) is 39.5. The van der Waals surface area contributed by atoms with Gasteiger partial charge in [0.1, 0.15) is 116 Å². The number of carbonyl (C=O) groups is 10. The van der Waals surface area contributed by atoms with E-state index in [0.29, 0.717) is 18.4 Å². The van der Waals surface area contributed by atoms with Gasteiger partial charge in [-0.05, 0) is 24.8 Å². The van der Waals surface area contributed by atoms with Crippen LogP contribution in [0.3, 0.4) is 0 Å². The first kappa shape index (κ1) is 102. The second-order valence-corrected chi connectivity index (χ2v) is 30.0. The molecule has 5 saturated heterocycles. The summed E-state index contributed by atoms with van der Waals surface area (Å²) in [7, 11) is -5.62. The summed E-state index contributed by atoms with van der Waals surface area (Å²) in [6.07, 6.45) is -48.9. The first-order valence-corrected chi connectivity index (χ1v) is 41.1. The molecule has 5 amide bonds. The smallest absolute Gasteiger partial charge is 0.470 e. The summed E-state index contributed by atoms with van der Waals surface area (Å²) in [5, 5.41) is 155. The molecule has 5 fully saturated rings. The predicted molar refractivity (Wildman–Crippen MR) is 396 cm³/mol. The van der Waals surface area contributed by atoms with E-state index in [9.17, 15) is 129 Å². The number of aliphatic carboxylic acids is 1. The minimum Gasteiger partial charge on any atom is -0.477 e. The Morgan fingerprint density at radius 3 is 1.61 bits per heavy atom. The molecule has 28 atom stereocenters. The van der Waals surface area contributed by atoms with Crippen LogP contribution in [0, 0.1) is 0 Å². The van der Waals surface area contributed by atoms with Crippen molar-refractivity contribution < 1.29 is 200 Å². The number of carboxylic acids is 1. The van der Waals surface area contributed by atoms with Crippen molar-refractivity contribution in [1.29, 1.82) is 0 Å². The van der Waals surface area contributed by atoms with E-state index < -0.39 is 317 Å². The molecule has 0 radical (unpaired) electrons. The number of carbonyl (C=O) groups excluding carboxylic acids is 9. The van der Waals surface area contributed by atoms with E-state index in [4.69, 9.17) is 70.8 Å². The molecule has 47 heteroatoms. The third kappa shape index (κ3) is 29.7. The summed E-state index contributed by atoms with van der Waals surface area (Å²) in [4.78, 5) is 152. The summed E-state index contributed by atoms with van der Waals surface area (Å²) in [6.45, 7) is 2.55. The highest BCUT2D eigenvalue weighted by Gasteiger charge is 2.61. The van der Waals surface area contributed by atoms with Gasteiger partial charge in [0.25, 0.3) is 5.79 Å². The normalized spacial score (nSPS) is 31.8. The van der Waals surface area contributed by atoms with Gasteiger partial charge in [-0.3, -0.25) is 47.7 Å². The number of hydrogen-bond donors (Lipinski definition) is 20. The zero-order chi connectivity index (χ0) is 88.9. The van der Waals surface area contributed by atoms with E-state index in [1.54, 1.807) is 51.1 Å². The Bertz CT molecular complexity index is 3460. The molecule has 20 N–H and O–H groups in total. The lowest BCUT2D eigenvalue weighted by molar-refractivity contribution is -0.386. The molecule has 6 rings (SSSR count). The van der Waals surface area contributed by atoms with Crippen LogP contribution in [0.4, 0.5) is 0 Å². The number of amides is 5. The van der Waals surface area contributed by atoms with Gasteiger partial charge >= 0.3 is 37.7 Å². The standard InChI is InChI=1S/C73H116N5O41P/c1-7-13-19-46(87)76-54-64(114-51(92)12-6)58(96)43(34-107-69-55(78-48(89)27-36(8-2)108-49(90)10-4)66(63(42(33-82)111-69)119-120(102,103)104)115-52(93)28-37(9-3)109-50(91)11-5)113-68(54)105-24-22-74-44(85)20-21-45(86)75-23-25-106-70-60(98)59(97)62(41(32-81)112-70)116-71-61(99)67(57(95)40(31-80)110-71)118-73(72(100)101)29-38(83)53(65(117-73)56(94)39(84)30-79)77-47(88)26-35-17-15-14-16-18-35/h14-18,36-43,53-71,79-84,94-99H,7-13,19-34H2,1-6H3,(H,74,85)(H,75,86)(H,76,87)(H,77,88)(H,78,89)(H,100,101)(H2,102,103,104)/t36-,37-,38-,39-,40?,41?,42?,43?,53-,54?,55?,56-,57+,58-,59-,60?,61?,62-,63-,64-,65?,66-,67+,68-,69-,70-,71+,73+/m1/s1. The number of nitrogens with one attached hydrogen (secondary N) is 5. The predicted octanol–water partition coefficient (Wildman–Crippen LogP) is -7.01. The van der Waals surface area contributed by atoms with Gasteiger partial charge in [0, 0.05) is 58.0 Å². The number of hydrogen-bond acceptors (Lipinski definition) is 38. The summed E-state index contributed by atoms with van der Waals surface area (Å²) in [5.74, 6) is -12.5. The van der Waals surface area contributed by atoms with Crippen LogP contribution in [0.15, 0.2) is 30.3 Å². The number of aliphatic hydroxyl groups is 12. The zero-order valence-corrected chi connectivity index (χ0v) is 67.9. The second kappa shape index (κ2) is 49.6. The minimum atomic E-state index is -5.62. The van der Waals surface area contributed by atoms with E-state index >= 15 is 0 Å². The molecular weight excluding hydrogens is 1630 g/mol. The van der Waals surface area contributed by atoms with E-state index in [0.717, 1.165) is 0 Å². The Labute approximate surface area is 688 Å². The van der Waals surface area contributed by atoms with Crippen molar-refractivity contribution in [3.05, 3.63) is 35.9 Å². The molecule has 120 heavy (non-hydrogen) atoms. The molecule has 0 aliphatic carbocycles. The van der Waals surface area contributed by atoms with Gasteiger partial charge in [-0.15, -0.1) is 0 Å². The SMILES string of the molecule is CCCCC(=O)NC1[C@H](OCCNC(=O)CCC(=O)NCCO[C@@H]2OC(CO)[C@@H](O[C@@H]3OC(CO)[C@H](O)[C@H](O[C@]4(C(=O)O)C[C@@H](O)[C@@H](NC(=O)Cc5ccccc5)C([C@H](O)[C@H](O)CO)O4)C3O)[C@H](O)C2O)OC(CO[C@@H]2OC(CO)[C@@H](OP(=O)(O)O)[C@H](OC(=O)C[C@@H](CC)OC(=O)CC)C2NC(=O)C[C@@H](CC)OC(=O)CC)[C@@H](O)[C@@H]1OC(=O)CC. The van der Waals surface area contributed by atoms with Gasteiger partial charge in [0.2, 0.25) is 29.5 Å². The maximum absolute atomic E-state index is 14.0. The van der Waals surface area contributed by atoms with Gasteiger partial charge in [-0.2, -0.15) is 0 Å². The third-order valence-corrected chi connectivity index (χ3v) is 20.4. The number of carboxylic acid groups (broad SMARTS) is 1. The van der Waals surface area contributed by atoms with E-state index in [2.05, 4.69) is 26.6 Å². The molecule has 46 nitrogen and oxygen atoms in total. The van der Waals surface area contributed by atoms with Gasteiger partial charge in [0.05, 0.1) is 77.7 Å². The molecule has 1 aromatic rings. The van der Waals surface area contributed by atoms with Crippen molar-refractivity contribution in [2.45, 2.75) is 303 Å². The maximum atomic E-state index is 14.0. The summed E-state index contributed by atoms with van der Waals surface area (Å²) in [5.41, 5.74) is 0.500. The monoisotopic (exact) mass is 1750 g/mol. The molecule has 0 saturated carbocycles. The Kier molecular flexibility index (Phi) is 42.1. The van der Waals surface area contributed by atoms with Gasteiger partial charge in [-0.1, -0.05) is 78.3 Å². The highest BCUT2D eigenvalue weighted by molar-refractivity contribution is 7.46. The van der Waals surface area contributed by atoms with Gasteiger partial charge < -0.3 is 169 Å². The van der Waals surface area contributed by atoms with Gasteiger partial charge in [0.15, 0.2) is 37.4 Å². The number of unbranched alkanes of at least 4 members (excludes halogenated alkanes) is 1. The Balaban J connectivity index is 1.08. The number of esters is 4. The van der Waals surface area contributed by atoms with Crippen LogP contribution in [0.1, 0.15) is 131 Å². The number of phosphoric acid groups is 1. The second-order valence-electron chi connectivity index (χ2n) is 28.8. The fourth-order valence-corrected chi connectivity index (χ4v) is 14.0. The van der Waals surface area contributed by atoms with Crippen LogP contribution < -0.4 is 26.6 Å². The van der Waals surface area contributed by atoms with Crippen LogP contribution in [-0.2, 0) is 130 Å². The fourth-order valence-electron chi connectivity index (χ4n) is 13.4. The first-order chi connectivity index (χ1) is 57.0. The number of phosphoric ester groups is 1. The van der Waals surface area contributed by atoms with Crippen molar-refractivity contribution >= 4 is 67.2 Å².